The van der Waals surface area contributed by atoms with Gasteiger partial charge in [0.05, 0.1) is 25.1 Å². The molecule has 5 heterocycles. The van der Waals surface area contributed by atoms with Gasteiger partial charge in [0.1, 0.15) is 23.6 Å². The number of rotatable bonds is 10. The third-order valence-electron chi connectivity index (χ3n) is 8.22. The first-order valence-electron chi connectivity index (χ1n) is 14.6. The molecule has 2 aliphatic rings. The fraction of sp³-hybridized carbons (Fsp3) is 0.433. The number of benzene rings is 1. The summed E-state index contributed by atoms with van der Waals surface area (Å²) in [6.07, 6.45) is 7.73. The molecule has 2 aliphatic heterocycles. The molecule has 238 valence electrons. The average Bonchev–Trinajstić information content (AvgIpc) is 3.61. The molecule has 0 unspecified atom stereocenters. The zero-order valence-corrected chi connectivity index (χ0v) is 25.6. The number of carbonyl (C=O) groups is 2. The first-order valence-corrected chi connectivity index (χ1v) is 14.9. The highest BCUT2D eigenvalue weighted by atomic mass is 35.5. The SMILES string of the molecule is CN(CC1(C)COC1)C1CCN(C(=O)Cn2cc(NC(=O)c3cnn4cccnc34)c(-c3cc(Cl)ccc3OC(F)F)n2)CC1. The van der Waals surface area contributed by atoms with Crippen molar-refractivity contribution < 1.29 is 27.8 Å². The number of halogens is 3. The van der Waals surface area contributed by atoms with Crippen molar-refractivity contribution in [3.63, 3.8) is 0 Å². The molecule has 12 nitrogen and oxygen atoms in total. The van der Waals surface area contributed by atoms with Gasteiger partial charge in [-0.25, -0.2) is 9.50 Å². The highest BCUT2D eigenvalue weighted by molar-refractivity contribution is 6.31. The minimum absolute atomic E-state index is 0.104. The first-order chi connectivity index (χ1) is 21.6. The second-order valence-electron chi connectivity index (χ2n) is 11.8. The van der Waals surface area contributed by atoms with Crippen molar-refractivity contribution in [2.24, 2.45) is 5.41 Å². The highest BCUT2D eigenvalue weighted by Gasteiger charge is 2.36. The zero-order valence-electron chi connectivity index (χ0n) is 24.8. The van der Waals surface area contributed by atoms with Gasteiger partial charge in [-0.15, -0.1) is 0 Å². The maximum atomic E-state index is 13.4. The molecule has 15 heteroatoms. The predicted octanol–water partition coefficient (Wildman–Crippen LogP) is 4.06. The molecule has 0 aliphatic carbocycles. The van der Waals surface area contributed by atoms with Crippen molar-refractivity contribution in [3.8, 4) is 17.0 Å². The number of nitrogens with zero attached hydrogens (tertiary/aromatic N) is 7. The van der Waals surface area contributed by atoms with Crippen LogP contribution in [0.25, 0.3) is 16.9 Å². The van der Waals surface area contributed by atoms with E-state index < -0.39 is 12.5 Å². The lowest BCUT2D eigenvalue weighted by atomic mass is 9.87. The third-order valence-corrected chi connectivity index (χ3v) is 8.45. The molecule has 0 radical (unpaired) electrons. The Bertz CT molecular complexity index is 1700. The monoisotopic (exact) mass is 642 g/mol. The summed E-state index contributed by atoms with van der Waals surface area (Å²) < 4.78 is 39.6. The Hall–Kier alpha value is -4.14. The summed E-state index contributed by atoms with van der Waals surface area (Å²) in [5.41, 5.74) is 1.08. The Labute approximate surface area is 262 Å². The van der Waals surface area contributed by atoms with Crippen molar-refractivity contribution in [3.05, 3.63) is 59.6 Å². The van der Waals surface area contributed by atoms with Crippen LogP contribution in [0.3, 0.4) is 0 Å². The topological polar surface area (TPSA) is 119 Å². The van der Waals surface area contributed by atoms with E-state index in [1.165, 1.54) is 46.0 Å². The van der Waals surface area contributed by atoms with Gasteiger partial charge in [-0.1, -0.05) is 18.5 Å². The summed E-state index contributed by atoms with van der Waals surface area (Å²) in [5, 5.41) is 11.7. The fourth-order valence-corrected chi connectivity index (χ4v) is 6.10. The summed E-state index contributed by atoms with van der Waals surface area (Å²) in [5.74, 6) is -0.889. The van der Waals surface area contributed by atoms with E-state index in [2.05, 4.69) is 39.4 Å². The number of alkyl halides is 2. The Morgan fingerprint density at radius 1 is 1.27 bits per heavy atom. The Balaban J connectivity index is 1.22. The van der Waals surface area contributed by atoms with Crippen LogP contribution in [0.1, 0.15) is 30.1 Å². The average molecular weight is 643 g/mol. The molecule has 4 aromatic rings. The van der Waals surface area contributed by atoms with E-state index >= 15 is 0 Å². The van der Waals surface area contributed by atoms with Crippen molar-refractivity contribution in [1.29, 1.82) is 0 Å². The maximum absolute atomic E-state index is 13.4. The number of anilines is 1. The maximum Gasteiger partial charge on any atom is 0.387 e. The molecular weight excluding hydrogens is 610 g/mol. The highest BCUT2D eigenvalue weighted by Crippen LogP contribution is 2.37. The summed E-state index contributed by atoms with van der Waals surface area (Å²) in [7, 11) is 2.12. The number of hydrogen-bond donors (Lipinski definition) is 1. The van der Waals surface area contributed by atoms with E-state index in [1.54, 1.807) is 17.2 Å². The van der Waals surface area contributed by atoms with Crippen LogP contribution in [-0.2, 0) is 16.1 Å². The van der Waals surface area contributed by atoms with E-state index in [1.807, 2.05) is 0 Å². The zero-order chi connectivity index (χ0) is 31.7. The largest absolute Gasteiger partial charge is 0.434 e. The molecule has 3 aromatic heterocycles. The Morgan fingerprint density at radius 2 is 2.04 bits per heavy atom. The van der Waals surface area contributed by atoms with Crippen LogP contribution >= 0.6 is 11.6 Å². The second-order valence-corrected chi connectivity index (χ2v) is 12.3. The molecule has 0 bridgehead atoms. The molecule has 2 fully saturated rings. The van der Waals surface area contributed by atoms with E-state index in [0.29, 0.717) is 24.8 Å². The third kappa shape index (κ3) is 6.77. The molecule has 0 spiro atoms. The molecule has 0 atom stereocenters. The van der Waals surface area contributed by atoms with Gasteiger partial charge in [0.25, 0.3) is 5.91 Å². The first kappa shape index (κ1) is 30.9. The van der Waals surface area contributed by atoms with Crippen molar-refractivity contribution >= 4 is 34.7 Å². The van der Waals surface area contributed by atoms with Gasteiger partial charge in [-0.05, 0) is 44.2 Å². The second kappa shape index (κ2) is 12.7. The van der Waals surface area contributed by atoms with Crippen LogP contribution in [0.15, 0.2) is 49.1 Å². The summed E-state index contributed by atoms with van der Waals surface area (Å²) >= 11 is 6.23. The van der Waals surface area contributed by atoms with Crippen molar-refractivity contribution in [2.75, 3.05) is 45.2 Å². The molecule has 6 rings (SSSR count). The number of piperidine rings is 1. The van der Waals surface area contributed by atoms with Gasteiger partial charge >= 0.3 is 6.61 Å². The van der Waals surface area contributed by atoms with Crippen LogP contribution in [-0.4, -0.2) is 98.5 Å². The van der Waals surface area contributed by atoms with Crippen LogP contribution in [0.4, 0.5) is 14.5 Å². The van der Waals surface area contributed by atoms with Gasteiger partial charge in [-0.2, -0.15) is 19.0 Å². The minimum Gasteiger partial charge on any atom is -0.434 e. The summed E-state index contributed by atoms with van der Waals surface area (Å²) in [6.45, 7) is 2.67. The van der Waals surface area contributed by atoms with Crippen LogP contribution in [0.2, 0.25) is 5.02 Å². The fourth-order valence-electron chi connectivity index (χ4n) is 5.92. The quantitative estimate of drug-likeness (QED) is 0.275. The Kier molecular flexibility index (Phi) is 8.71. The molecule has 2 amide bonds. The molecule has 2 saturated heterocycles. The molecular formula is C30H33ClF2N8O4. The standard InChI is InChI=1S/C30H33ClF2N8O4/c1-30(17-44-18-30)16-38(2)20-6-10-39(11-7-20)25(42)15-40-14-23(36-28(43)22-13-35-41-9-3-8-34-27(22)41)26(37-40)21-12-19(31)4-5-24(21)45-29(32)33/h3-5,8-9,12-14,20,29H,6-7,10-11,15-18H2,1-2H3,(H,36,43). The van der Waals surface area contributed by atoms with Crippen LogP contribution < -0.4 is 10.1 Å². The van der Waals surface area contributed by atoms with Crippen LogP contribution in [0, 0.1) is 5.41 Å². The lowest BCUT2D eigenvalue weighted by Gasteiger charge is -2.44. The number of amides is 2. The lowest BCUT2D eigenvalue weighted by Crippen LogP contribution is -2.52. The summed E-state index contributed by atoms with van der Waals surface area (Å²) in [4.78, 5) is 35.1. The van der Waals surface area contributed by atoms with Crippen molar-refractivity contribution in [2.45, 2.75) is 39.0 Å². The summed E-state index contributed by atoms with van der Waals surface area (Å²) in [6, 6.07) is 6.17. The number of fused-ring (bicyclic) bond motifs is 1. The minimum atomic E-state index is -3.11. The predicted molar refractivity (Wildman–Crippen MR) is 161 cm³/mol. The molecule has 1 N–H and O–H groups in total. The van der Waals surface area contributed by atoms with E-state index in [-0.39, 0.29) is 51.1 Å². The normalized spacial score (nSPS) is 16.7. The smallest absolute Gasteiger partial charge is 0.387 e. The number of nitrogens with one attached hydrogen (secondary N) is 1. The number of hydrogen-bond acceptors (Lipinski definition) is 8. The van der Waals surface area contributed by atoms with Crippen molar-refractivity contribution in [1.82, 2.24) is 34.2 Å². The van der Waals surface area contributed by atoms with Gasteiger partial charge in [0.15, 0.2) is 5.65 Å². The van der Waals surface area contributed by atoms with Gasteiger partial charge < -0.3 is 24.6 Å². The van der Waals surface area contributed by atoms with E-state index in [9.17, 15) is 18.4 Å². The van der Waals surface area contributed by atoms with Gasteiger partial charge in [-0.3, -0.25) is 14.3 Å². The number of likely N-dealkylation sites (tertiary alicyclic amines) is 1. The van der Waals surface area contributed by atoms with E-state index in [0.717, 1.165) is 32.6 Å². The number of ether oxygens (including phenoxy) is 2. The number of aromatic nitrogens is 5. The van der Waals surface area contributed by atoms with E-state index in [4.69, 9.17) is 21.1 Å². The van der Waals surface area contributed by atoms with Gasteiger partial charge in [0, 0.05) is 60.3 Å². The molecule has 45 heavy (non-hydrogen) atoms. The van der Waals surface area contributed by atoms with Crippen LogP contribution in [0.5, 0.6) is 5.75 Å². The number of carbonyl (C=O) groups excluding carboxylic acids is 2. The lowest BCUT2D eigenvalue weighted by molar-refractivity contribution is -0.134. The molecule has 0 saturated carbocycles. The molecule has 1 aromatic carbocycles. The Morgan fingerprint density at radius 3 is 2.76 bits per heavy atom. The van der Waals surface area contributed by atoms with Gasteiger partial charge in [0.2, 0.25) is 5.91 Å².